The Kier molecular flexibility index (Phi) is 4.01. The summed E-state index contributed by atoms with van der Waals surface area (Å²) in [5.41, 5.74) is 2.15. The van der Waals surface area contributed by atoms with Crippen LogP contribution in [-0.4, -0.2) is 37.1 Å². The standard InChI is InChI=1S/C19H19N5O/c1-14-19(25)23(12-9-15-5-3-2-4-6-15)13-17-21-22-18(24(14)17)16-7-10-20-11-8-16/h2-8,10-11,14H,9,12-13H2,1H3/t14-/m1/s1. The largest absolute Gasteiger partial charge is 0.333 e. The molecule has 0 saturated carbocycles. The van der Waals surface area contributed by atoms with Gasteiger partial charge in [-0.25, -0.2) is 0 Å². The number of hydrogen-bond donors (Lipinski definition) is 0. The number of amides is 1. The van der Waals surface area contributed by atoms with Crippen molar-refractivity contribution in [3.05, 3.63) is 66.2 Å². The number of aromatic nitrogens is 4. The zero-order chi connectivity index (χ0) is 17.2. The molecule has 0 N–H and O–H groups in total. The molecule has 0 spiro atoms. The fraction of sp³-hybridized carbons (Fsp3) is 0.263. The van der Waals surface area contributed by atoms with Gasteiger partial charge < -0.3 is 4.90 Å². The quantitative estimate of drug-likeness (QED) is 0.736. The van der Waals surface area contributed by atoms with Crippen LogP contribution in [0.25, 0.3) is 11.4 Å². The van der Waals surface area contributed by atoms with Crippen LogP contribution in [0.4, 0.5) is 0 Å². The normalized spacial score (nSPS) is 16.8. The summed E-state index contributed by atoms with van der Waals surface area (Å²) in [7, 11) is 0. The third-order valence-electron chi connectivity index (χ3n) is 4.61. The molecular formula is C19H19N5O. The fourth-order valence-electron chi connectivity index (χ4n) is 3.26. The highest BCUT2D eigenvalue weighted by Gasteiger charge is 2.33. The van der Waals surface area contributed by atoms with Crippen LogP contribution < -0.4 is 0 Å². The van der Waals surface area contributed by atoms with Gasteiger partial charge in [0.05, 0.1) is 6.54 Å². The first kappa shape index (κ1) is 15.5. The summed E-state index contributed by atoms with van der Waals surface area (Å²) in [5, 5.41) is 8.63. The van der Waals surface area contributed by atoms with Gasteiger partial charge in [-0.15, -0.1) is 10.2 Å². The van der Waals surface area contributed by atoms with E-state index in [1.165, 1.54) is 5.56 Å². The summed E-state index contributed by atoms with van der Waals surface area (Å²) >= 11 is 0. The SMILES string of the molecule is C[C@@H]1C(=O)N(CCc2ccccc2)Cc2nnc(-c3ccncc3)n21. The maximum Gasteiger partial charge on any atom is 0.245 e. The van der Waals surface area contributed by atoms with Crippen LogP contribution in [0.1, 0.15) is 24.4 Å². The van der Waals surface area contributed by atoms with Gasteiger partial charge in [0.2, 0.25) is 5.91 Å². The lowest BCUT2D eigenvalue weighted by molar-refractivity contribution is -0.136. The number of benzene rings is 1. The van der Waals surface area contributed by atoms with Gasteiger partial charge in [0.25, 0.3) is 0 Å². The van der Waals surface area contributed by atoms with Crippen LogP contribution in [0.3, 0.4) is 0 Å². The first-order valence-electron chi connectivity index (χ1n) is 8.41. The number of carbonyl (C=O) groups excluding carboxylic acids is 1. The van der Waals surface area contributed by atoms with Crippen LogP contribution in [0.15, 0.2) is 54.9 Å². The number of nitrogens with zero attached hydrogens (tertiary/aromatic N) is 5. The van der Waals surface area contributed by atoms with E-state index in [1.54, 1.807) is 12.4 Å². The van der Waals surface area contributed by atoms with Crippen LogP contribution in [-0.2, 0) is 17.8 Å². The zero-order valence-corrected chi connectivity index (χ0v) is 14.0. The van der Waals surface area contributed by atoms with Gasteiger partial charge in [0.1, 0.15) is 6.04 Å². The van der Waals surface area contributed by atoms with Crippen molar-refractivity contribution in [2.24, 2.45) is 0 Å². The molecule has 3 aromatic rings. The summed E-state index contributed by atoms with van der Waals surface area (Å²) in [4.78, 5) is 18.7. The highest BCUT2D eigenvalue weighted by atomic mass is 16.2. The number of rotatable bonds is 4. The van der Waals surface area contributed by atoms with Crippen LogP contribution >= 0.6 is 0 Å². The molecule has 0 fully saturated rings. The predicted molar refractivity (Wildman–Crippen MR) is 93.5 cm³/mol. The number of carbonyl (C=O) groups is 1. The van der Waals surface area contributed by atoms with Gasteiger partial charge in [0, 0.05) is 24.5 Å². The molecule has 25 heavy (non-hydrogen) atoms. The minimum atomic E-state index is -0.308. The highest BCUT2D eigenvalue weighted by molar-refractivity contribution is 5.82. The third kappa shape index (κ3) is 2.91. The second-order valence-corrected chi connectivity index (χ2v) is 6.22. The minimum absolute atomic E-state index is 0.110. The Bertz CT molecular complexity index is 875. The Hall–Kier alpha value is -3.02. The molecule has 126 valence electrons. The average molecular weight is 333 g/mol. The summed E-state index contributed by atoms with van der Waals surface area (Å²) < 4.78 is 1.94. The van der Waals surface area contributed by atoms with Crippen molar-refractivity contribution in [2.75, 3.05) is 6.54 Å². The Morgan fingerprint density at radius 3 is 2.60 bits per heavy atom. The Morgan fingerprint density at radius 1 is 1.08 bits per heavy atom. The highest BCUT2D eigenvalue weighted by Crippen LogP contribution is 2.28. The molecule has 0 bridgehead atoms. The lowest BCUT2D eigenvalue weighted by atomic mass is 10.1. The topological polar surface area (TPSA) is 63.9 Å². The summed E-state index contributed by atoms with van der Waals surface area (Å²) in [5.74, 6) is 1.66. The maximum absolute atomic E-state index is 12.8. The van der Waals surface area contributed by atoms with Gasteiger partial charge in [-0.2, -0.15) is 0 Å². The molecule has 0 unspecified atom stereocenters. The lowest BCUT2D eigenvalue weighted by Gasteiger charge is -2.32. The molecule has 6 nitrogen and oxygen atoms in total. The van der Waals surface area contributed by atoms with Crippen molar-refractivity contribution in [3.63, 3.8) is 0 Å². The van der Waals surface area contributed by atoms with Gasteiger partial charge in [-0.3, -0.25) is 14.3 Å². The summed E-state index contributed by atoms with van der Waals surface area (Å²) in [6.07, 6.45) is 4.28. The number of pyridine rings is 1. The van der Waals surface area contributed by atoms with Crippen molar-refractivity contribution in [3.8, 4) is 11.4 Å². The monoisotopic (exact) mass is 333 g/mol. The van der Waals surface area contributed by atoms with Crippen LogP contribution in [0.2, 0.25) is 0 Å². The molecule has 1 atom stereocenters. The van der Waals surface area contributed by atoms with E-state index in [2.05, 4.69) is 27.3 Å². The smallest absolute Gasteiger partial charge is 0.245 e. The molecule has 1 aromatic carbocycles. The van der Waals surface area contributed by atoms with Crippen molar-refractivity contribution in [2.45, 2.75) is 25.9 Å². The van der Waals surface area contributed by atoms with E-state index in [1.807, 2.05) is 46.7 Å². The second-order valence-electron chi connectivity index (χ2n) is 6.22. The summed E-state index contributed by atoms with van der Waals surface area (Å²) in [6.45, 7) is 3.09. The zero-order valence-electron chi connectivity index (χ0n) is 14.0. The maximum atomic E-state index is 12.8. The van der Waals surface area contributed by atoms with E-state index in [-0.39, 0.29) is 11.9 Å². The Labute approximate surface area is 146 Å². The first-order chi connectivity index (χ1) is 12.2. The van der Waals surface area contributed by atoms with Gasteiger partial charge in [0.15, 0.2) is 11.6 Å². The minimum Gasteiger partial charge on any atom is -0.333 e. The molecule has 3 heterocycles. The van der Waals surface area contributed by atoms with Crippen molar-refractivity contribution < 1.29 is 4.79 Å². The molecule has 6 heteroatoms. The predicted octanol–water partition coefficient (Wildman–Crippen LogP) is 2.49. The second kappa shape index (κ2) is 6.47. The number of hydrogen-bond acceptors (Lipinski definition) is 4. The Morgan fingerprint density at radius 2 is 1.84 bits per heavy atom. The summed E-state index contributed by atoms with van der Waals surface area (Å²) in [6, 6.07) is 13.7. The average Bonchev–Trinajstić information content (AvgIpc) is 3.09. The van der Waals surface area contributed by atoms with Gasteiger partial charge >= 0.3 is 0 Å². The van der Waals surface area contributed by atoms with Crippen molar-refractivity contribution in [1.82, 2.24) is 24.6 Å². The molecule has 0 saturated heterocycles. The molecule has 1 aliphatic rings. The van der Waals surface area contributed by atoms with Gasteiger partial charge in [-0.1, -0.05) is 30.3 Å². The van der Waals surface area contributed by atoms with Gasteiger partial charge in [-0.05, 0) is 31.0 Å². The van der Waals surface area contributed by atoms with Crippen molar-refractivity contribution >= 4 is 5.91 Å². The van der Waals surface area contributed by atoms with Crippen LogP contribution in [0.5, 0.6) is 0 Å². The molecule has 1 amide bonds. The molecule has 0 radical (unpaired) electrons. The lowest BCUT2D eigenvalue weighted by Crippen LogP contribution is -2.42. The fourth-order valence-corrected chi connectivity index (χ4v) is 3.26. The van der Waals surface area contributed by atoms with E-state index in [0.717, 1.165) is 23.6 Å². The van der Waals surface area contributed by atoms with E-state index < -0.39 is 0 Å². The molecule has 0 aliphatic carbocycles. The number of fused-ring (bicyclic) bond motifs is 1. The van der Waals surface area contributed by atoms with Crippen molar-refractivity contribution in [1.29, 1.82) is 0 Å². The molecule has 1 aliphatic heterocycles. The molecule has 2 aromatic heterocycles. The molecule has 4 rings (SSSR count). The first-order valence-corrected chi connectivity index (χ1v) is 8.41. The van der Waals surface area contributed by atoms with E-state index in [0.29, 0.717) is 13.1 Å². The van der Waals surface area contributed by atoms with E-state index in [9.17, 15) is 4.79 Å². The van der Waals surface area contributed by atoms with E-state index in [4.69, 9.17) is 0 Å². The van der Waals surface area contributed by atoms with Crippen LogP contribution in [0, 0.1) is 0 Å². The molecular weight excluding hydrogens is 314 g/mol. The third-order valence-corrected chi connectivity index (χ3v) is 4.61. The van der Waals surface area contributed by atoms with E-state index >= 15 is 0 Å². The Balaban J connectivity index is 1.57.